The maximum absolute atomic E-state index is 6.25. The molecular weight excluding hydrogens is 357 g/mol. The molecule has 2 aromatic carbocycles. The monoisotopic (exact) mass is 371 g/mol. The summed E-state index contributed by atoms with van der Waals surface area (Å²) in [7, 11) is 0. The fraction of sp³-hybridized carbons (Fsp3) is 0.250. The van der Waals surface area contributed by atoms with Gasteiger partial charge in [-0.2, -0.15) is 0 Å². The van der Waals surface area contributed by atoms with Crippen molar-refractivity contribution in [2.75, 3.05) is 5.32 Å². The van der Waals surface area contributed by atoms with Gasteiger partial charge in [-0.05, 0) is 42.3 Å². The predicted molar refractivity (Wildman–Crippen MR) is 91.9 cm³/mol. The lowest BCUT2D eigenvalue weighted by Crippen LogP contribution is -2.10. The minimum absolute atomic E-state index is 0.226. The topological polar surface area (TPSA) is 12.0 Å². The lowest BCUT2D eigenvalue weighted by Gasteiger charge is -2.21. The first kappa shape index (κ1) is 15.7. The Kier molecular flexibility index (Phi) is 5.76. The van der Waals surface area contributed by atoms with Crippen LogP contribution in [0.25, 0.3) is 0 Å². The van der Waals surface area contributed by atoms with Crippen LogP contribution < -0.4 is 5.32 Å². The molecule has 1 N–H and O–H groups in total. The molecule has 2 rings (SSSR count). The van der Waals surface area contributed by atoms with E-state index < -0.39 is 0 Å². The molecule has 0 saturated heterocycles. The van der Waals surface area contributed by atoms with Crippen LogP contribution in [0.4, 0.5) is 5.69 Å². The molecule has 4 heteroatoms. The molecule has 1 atom stereocenters. The van der Waals surface area contributed by atoms with E-state index in [0.717, 1.165) is 33.0 Å². The molecule has 0 heterocycles. The molecule has 0 aliphatic heterocycles. The van der Waals surface area contributed by atoms with Crippen LogP contribution in [0.2, 0.25) is 10.0 Å². The van der Waals surface area contributed by atoms with E-state index in [-0.39, 0.29) is 6.04 Å². The highest BCUT2D eigenvalue weighted by molar-refractivity contribution is 9.10. The first-order valence-corrected chi connectivity index (χ1v) is 8.12. The van der Waals surface area contributed by atoms with Gasteiger partial charge in [0, 0.05) is 9.50 Å². The highest BCUT2D eigenvalue weighted by Crippen LogP contribution is 2.31. The van der Waals surface area contributed by atoms with Crippen LogP contribution in [0.15, 0.2) is 46.9 Å². The highest BCUT2D eigenvalue weighted by Gasteiger charge is 2.12. The average Bonchev–Trinajstić information content (AvgIpc) is 2.43. The van der Waals surface area contributed by atoms with Gasteiger partial charge in [0.1, 0.15) is 0 Å². The van der Waals surface area contributed by atoms with Gasteiger partial charge in [0.25, 0.3) is 0 Å². The van der Waals surface area contributed by atoms with Crippen molar-refractivity contribution in [3.8, 4) is 0 Å². The summed E-state index contributed by atoms with van der Waals surface area (Å²) in [6.07, 6.45) is 2.12. The molecule has 0 aliphatic carbocycles. The Morgan fingerprint density at radius 1 is 1.10 bits per heavy atom. The Morgan fingerprint density at radius 3 is 2.45 bits per heavy atom. The number of hydrogen-bond donors (Lipinski definition) is 1. The molecule has 20 heavy (non-hydrogen) atoms. The van der Waals surface area contributed by atoms with E-state index in [1.165, 1.54) is 5.56 Å². The van der Waals surface area contributed by atoms with Crippen LogP contribution in [0.1, 0.15) is 31.4 Å². The molecule has 0 radical (unpaired) electrons. The lowest BCUT2D eigenvalue weighted by atomic mass is 10.0. The largest absolute Gasteiger partial charge is 0.377 e. The summed E-state index contributed by atoms with van der Waals surface area (Å²) in [5, 5.41) is 5.00. The van der Waals surface area contributed by atoms with Crippen molar-refractivity contribution in [2.24, 2.45) is 0 Å². The van der Waals surface area contributed by atoms with E-state index in [4.69, 9.17) is 23.2 Å². The number of anilines is 1. The van der Waals surface area contributed by atoms with E-state index in [1.54, 1.807) is 0 Å². The molecule has 0 amide bonds. The molecule has 0 aliphatic rings. The molecule has 106 valence electrons. The predicted octanol–water partition coefficient (Wildman–Crippen LogP) is 6.71. The summed E-state index contributed by atoms with van der Waals surface area (Å²) >= 11 is 15.7. The summed E-state index contributed by atoms with van der Waals surface area (Å²) in [6, 6.07) is 14.0. The van der Waals surface area contributed by atoms with Crippen LogP contribution >= 0.6 is 39.1 Å². The summed E-state index contributed by atoms with van der Waals surface area (Å²) in [4.78, 5) is 0. The third-order valence-corrected chi connectivity index (χ3v) is 4.18. The number of benzene rings is 2. The third-order valence-electron chi connectivity index (χ3n) is 3.11. The second-order valence-corrected chi connectivity index (χ2v) is 6.42. The molecule has 0 aromatic heterocycles. The van der Waals surface area contributed by atoms with Crippen LogP contribution in [0.3, 0.4) is 0 Å². The Labute approximate surface area is 138 Å². The van der Waals surface area contributed by atoms with E-state index >= 15 is 0 Å². The fourth-order valence-corrected chi connectivity index (χ4v) is 2.76. The maximum atomic E-state index is 6.25. The zero-order valence-electron chi connectivity index (χ0n) is 11.2. The molecule has 0 bridgehead atoms. The van der Waals surface area contributed by atoms with Crippen molar-refractivity contribution >= 4 is 44.8 Å². The minimum atomic E-state index is 0.226. The van der Waals surface area contributed by atoms with E-state index in [2.05, 4.69) is 40.3 Å². The Hall–Kier alpha value is -0.700. The number of hydrogen-bond acceptors (Lipinski definition) is 1. The van der Waals surface area contributed by atoms with Crippen molar-refractivity contribution in [1.82, 2.24) is 0 Å². The smallest absolute Gasteiger partial charge is 0.0638 e. The van der Waals surface area contributed by atoms with Gasteiger partial charge in [-0.3, -0.25) is 0 Å². The van der Waals surface area contributed by atoms with Crippen LogP contribution in [0, 0.1) is 0 Å². The number of halogens is 3. The van der Waals surface area contributed by atoms with Crippen molar-refractivity contribution in [3.05, 3.63) is 62.5 Å². The fourth-order valence-electron chi connectivity index (χ4n) is 2.10. The van der Waals surface area contributed by atoms with Gasteiger partial charge in [0.05, 0.1) is 16.8 Å². The molecule has 0 spiro atoms. The standard InChI is InChI=1S/C16H16BrCl2N/c1-2-3-15(11-4-7-13(18)8-5-11)20-16-10-12(17)6-9-14(16)19/h4-10,15,20H,2-3H2,1H3. The van der Waals surface area contributed by atoms with Gasteiger partial charge in [0.2, 0.25) is 0 Å². The molecule has 2 aromatic rings. The Bertz CT molecular complexity index is 569. The summed E-state index contributed by atoms with van der Waals surface area (Å²) in [5.41, 5.74) is 2.15. The van der Waals surface area contributed by atoms with Crippen molar-refractivity contribution in [2.45, 2.75) is 25.8 Å². The van der Waals surface area contributed by atoms with Gasteiger partial charge in [-0.1, -0.05) is 64.6 Å². The molecule has 0 saturated carbocycles. The Balaban J connectivity index is 2.25. The van der Waals surface area contributed by atoms with Gasteiger partial charge in [0.15, 0.2) is 0 Å². The second kappa shape index (κ2) is 7.35. The second-order valence-electron chi connectivity index (χ2n) is 4.66. The normalized spacial score (nSPS) is 12.2. The first-order valence-electron chi connectivity index (χ1n) is 6.57. The number of nitrogens with one attached hydrogen (secondary N) is 1. The van der Waals surface area contributed by atoms with Gasteiger partial charge in [-0.25, -0.2) is 0 Å². The molecule has 0 fully saturated rings. The van der Waals surface area contributed by atoms with Crippen LogP contribution in [-0.2, 0) is 0 Å². The van der Waals surface area contributed by atoms with Crippen LogP contribution in [-0.4, -0.2) is 0 Å². The third kappa shape index (κ3) is 4.15. The van der Waals surface area contributed by atoms with Gasteiger partial charge < -0.3 is 5.32 Å². The van der Waals surface area contributed by atoms with E-state index in [0.29, 0.717) is 0 Å². The van der Waals surface area contributed by atoms with E-state index in [9.17, 15) is 0 Å². The van der Waals surface area contributed by atoms with Crippen molar-refractivity contribution in [3.63, 3.8) is 0 Å². The minimum Gasteiger partial charge on any atom is -0.377 e. The maximum Gasteiger partial charge on any atom is 0.0638 e. The zero-order chi connectivity index (χ0) is 14.5. The lowest BCUT2D eigenvalue weighted by molar-refractivity contribution is 0.677. The average molecular weight is 373 g/mol. The van der Waals surface area contributed by atoms with Crippen LogP contribution in [0.5, 0.6) is 0 Å². The highest BCUT2D eigenvalue weighted by atomic mass is 79.9. The molecular formula is C16H16BrCl2N. The zero-order valence-corrected chi connectivity index (χ0v) is 14.3. The van der Waals surface area contributed by atoms with Crippen molar-refractivity contribution in [1.29, 1.82) is 0 Å². The Morgan fingerprint density at radius 2 is 1.80 bits per heavy atom. The summed E-state index contributed by atoms with van der Waals surface area (Å²) in [5.74, 6) is 0. The SMILES string of the molecule is CCCC(Nc1cc(Br)ccc1Cl)c1ccc(Cl)cc1. The first-order chi connectivity index (χ1) is 9.60. The van der Waals surface area contributed by atoms with Gasteiger partial charge >= 0.3 is 0 Å². The quantitative estimate of drug-likeness (QED) is 0.614. The van der Waals surface area contributed by atoms with Gasteiger partial charge in [-0.15, -0.1) is 0 Å². The molecule has 1 nitrogen and oxygen atoms in total. The summed E-state index contributed by atoms with van der Waals surface area (Å²) in [6.45, 7) is 2.17. The molecule has 1 unspecified atom stereocenters. The van der Waals surface area contributed by atoms with Crippen molar-refractivity contribution < 1.29 is 0 Å². The number of rotatable bonds is 5. The summed E-state index contributed by atoms with van der Waals surface area (Å²) < 4.78 is 1.01. The van der Waals surface area contributed by atoms with E-state index in [1.807, 2.05) is 30.3 Å².